The minimum absolute atomic E-state index is 0.0726. The van der Waals surface area contributed by atoms with Gasteiger partial charge in [-0.25, -0.2) is 0 Å². The summed E-state index contributed by atoms with van der Waals surface area (Å²) in [7, 11) is 0. The maximum absolute atomic E-state index is 12.4. The number of hydrogen-bond acceptors (Lipinski definition) is 6. The lowest BCUT2D eigenvalue weighted by Crippen LogP contribution is -2.14. The van der Waals surface area contributed by atoms with Crippen molar-refractivity contribution in [2.75, 3.05) is 6.61 Å². The Morgan fingerprint density at radius 2 is 1.83 bits per heavy atom. The normalized spacial score (nSPS) is 11.5. The summed E-state index contributed by atoms with van der Waals surface area (Å²) in [6.45, 7) is -0.197. The molecule has 0 saturated carbocycles. The molecule has 0 aliphatic carbocycles. The van der Waals surface area contributed by atoms with Crippen LogP contribution >= 0.6 is 0 Å². The molecule has 1 N–H and O–H groups in total. The van der Waals surface area contributed by atoms with Crippen LogP contribution in [0.4, 0.5) is 13.2 Å². The molecular weight excluding hydrogens is 317 g/mol. The van der Waals surface area contributed by atoms with Crippen LogP contribution in [0.15, 0.2) is 28.8 Å². The van der Waals surface area contributed by atoms with Crippen molar-refractivity contribution in [1.29, 1.82) is 0 Å². The van der Waals surface area contributed by atoms with Crippen LogP contribution in [0.2, 0.25) is 0 Å². The Morgan fingerprint density at radius 3 is 2.35 bits per heavy atom. The summed E-state index contributed by atoms with van der Waals surface area (Å²) in [5, 5.41) is 11.8. The van der Waals surface area contributed by atoms with Crippen LogP contribution in [-0.4, -0.2) is 33.4 Å². The van der Waals surface area contributed by atoms with Gasteiger partial charge >= 0.3 is 12.1 Å². The van der Waals surface area contributed by atoms with Crippen molar-refractivity contribution in [3.8, 4) is 11.4 Å². The highest BCUT2D eigenvalue weighted by Crippen LogP contribution is 2.29. The van der Waals surface area contributed by atoms with Crippen molar-refractivity contribution in [2.24, 2.45) is 0 Å². The lowest BCUT2D eigenvalue weighted by molar-refractivity contribution is -0.159. The van der Waals surface area contributed by atoms with Gasteiger partial charge in [-0.2, -0.15) is 18.2 Å². The van der Waals surface area contributed by atoms with E-state index < -0.39 is 23.6 Å². The highest BCUT2D eigenvalue weighted by molar-refractivity contribution is 6.43. The number of carbonyl (C=O) groups is 2. The van der Waals surface area contributed by atoms with Gasteiger partial charge in [0.1, 0.15) is 0 Å². The monoisotopic (exact) mass is 328 g/mol. The summed E-state index contributed by atoms with van der Waals surface area (Å²) < 4.78 is 41.3. The number of hydrogen-bond donors (Lipinski definition) is 1. The predicted octanol–water partition coefficient (Wildman–Crippen LogP) is 2.28. The average Bonchev–Trinajstić information content (AvgIpc) is 3.02. The second-order valence-corrected chi connectivity index (χ2v) is 4.58. The van der Waals surface area contributed by atoms with E-state index in [1.54, 1.807) is 0 Å². The van der Waals surface area contributed by atoms with Crippen LogP contribution in [0.3, 0.4) is 0 Å². The molecule has 0 atom stereocenters. The predicted molar refractivity (Wildman–Crippen MR) is 70.4 cm³/mol. The van der Waals surface area contributed by atoms with E-state index in [2.05, 4.69) is 14.7 Å². The Kier molecular flexibility index (Phi) is 4.89. The lowest BCUT2D eigenvalue weighted by atomic mass is 10.0. The Labute approximate surface area is 127 Å². The molecular formula is C14H11F3N2O4. The molecule has 2 rings (SSSR count). The second kappa shape index (κ2) is 6.69. The van der Waals surface area contributed by atoms with Gasteiger partial charge in [0.2, 0.25) is 17.4 Å². The highest BCUT2D eigenvalue weighted by Gasteiger charge is 2.38. The molecule has 0 radical (unpaired) electrons. The van der Waals surface area contributed by atoms with Crippen molar-refractivity contribution >= 4 is 11.6 Å². The van der Waals surface area contributed by atoms with Gasteiger partial charge in [-0.15, -0.1) is 0 Å². The van der Waals surface area contributed by atoms with Crippen LogP contribution in [0, 0.1) is 0 Å². The quantitative estimate of drug-likeness (QED) is 0.646. The van der Waals surface area contributed by atoms with E-state index in [1.165, 1.54) is 24.3 Å². The molecule has 0 amide bonds. The molecule has 122 valence electrons. The Morgan fingerprint density at radius 1 is 1.17 bits per heavy atom. The largest absolute Gasteiger partial charge is 0.471 e. The van der Waals surface area contributed by atoms with E-state index in [1.807, 2.05) is 0 Å². The Balaban J connectivity index is 2.15. The SMILES string of the molecule is O=C(CCCO)C(=O)c1ccc(-c2noc(C(F)(F)F)n2)cc1. The third-order valence-electron chi connectivity index (χ3n) is 2.89. The van der Waals surface area contributed by atoms with Crippen molar-refractivity contribution in [2.45, 2.75) is 19.0 Å². The third-order valence-corrected chi connectivity index (χ3v) is 2.89. The maximum Gasteiger partial charge on any atom is 0.471 e. The zero-order valence-corrected chi connectivity index (χ0v) is 11.6. The van der Waals surface area contributed by atoms with Gasteiger partial charge in [0.25, 0.3) is 0 Å². The number of carbonyl (C=O) groups excluding carboxylic acids is 2. The summed E-state index contributed by atoms with van der Waals surface area (Å²) >= 11 is 0. The Hall–Kier alpha value is -2.55. The molecule has 0 saturated heterocycles. The minimum atomic E-state index is -4.74. The first-order chi connectivity index (χ1) is 10.8. The molecule has 0 fully saturated rings. The molecule has 1 heterocycles. The molecule has 0 bridgehead atoms. The number of Topliss-reactive ketones (excluding diaryl/α,β-unsaturated/α-hetero) is 2. The van der Waals surface area contributed by atoms with Gasteiger partial charge in [0, 0.05) is 24.2 Å². The summed E-state index contributed by atoms with van der Waals surface area (Å²) in [6.07, 6.45) is -4.62. The highest BCUT2D eigenvalue weighted by atomic mass is 19.4. The molecule has 1 aromatic carbocycles. The first kappa shape index (κ1) is 16.8. The minimum Gasteiger partial charge on any atom is -0.396 e. The fraction of sp³-hybridized carbons (Fsp3) is 0.286. The molecule has 0 aliphatic rings. The number of benzene rings is 1. The maximum atomic E-state index is 12.4. The van der Waals surface area contributed by atoms with Gasteiger partial charge in [0.15, 0.2) is 0 Å². The molecule has 6 nitrogen and oxygen atoms in total. The van der Waals surface area contributed by atoms with Gasteiger partial charge in [0.05, 0.1) is 0 Å². The number of alkyl halides is 3. The summed E-state index contributed by atoms with van der Waals surface area (Å²) in [5.41, 5.74) is 0.305. The third kappa shape index (κ3) is 4.01. The van der Waals surface area contributed by atoms with E-state index in [9.17, 15) is 22.8 Å². The van der Waals surface area contributed by atoms with Gasteiger partial charge < -0.3 is 9.63 Å². The number of aromatic nitrogens is 2. The molecule has 1 aromatic heterocycles. The van der Waals surface area contributed by atoms with Crippen molar-refractivity contribution in [1.82, 2.24) is 10.1 Å². The van der Waals surface area contributed by atoms with E-state index in [4.69, 9.17) is 5.11 Å². The van der Waals surface area contributed by atoms with Crippen LogP contribution < -0.4 is 0 Å². The number of rotatable bonds is 6. The van der Waals surface area contributed by atoms with Crippen molar-refractivity contribution in [3.63, 3.8) is 0 Å². The van der Waals surface area contributed by atoms with Crippen LogP contribution in [-0.2, 0) is 11.0 Å². The number of nitrogens with zero attached hydrogens (tertiary/aromatic N) is 2. The van der Waals surface area contributed by atoms with E-state index in [0.717, 1.165) is 0 Å². The number of halogens is 3. The van der Waals surface area contributed by atoms with Gasteiger partial charge in [-0.3, -0.25) is 9.59 Å². The number of aliphatic hydroxyl groups excluding tert-OH is 1. The fourth-order valence-corrected chi connectivity index (χ4v) is 1.74. The zero-order chi connectivity index (χ0) is 17.0. The molecule has 9 heteroatoms. The second-order valence-electron chi connectivity index (χ2n) is 4.58. The van der Waals surface area contributed by atoms with E-state index in [-0.39, 0.29) is 36.4 Å². The molecule has 0 spiro atoms. The standard InChI is InChI=1S/C14H11F3N2O4/c15-14(16,17)13-18-12(19-23-13)9-5-3-8(4-6-9)11(22)10(21)2-1-7-20/h3-6,20H,1-2,7H2. The van der Waals surface area contributed by atoms with Crippen LogP contribution in [0.25, 0.3) is 11.4 Å². The smallest absolute Gasteiger partial charge is 0.396 e. The Bertz CT molecular complexity index is 708. The van der Waals surface area contributed by atoms with Gasteiger partial charge in [-0.1, -0.05) is 29.4 Å². The fourth-order valence-electron chi connectivity index (χ4n) is 1.74. The molecule has 0 unspecified atom stereocenters. The van der Waals surface area contributed by atoms with Crippen LogP contribution in [0.5, 0.6) is 0 Å². The van der Waals surface area contributed by atoms with Crippen LogP contribution in [0.1, 0.15) is 29.1 Å². The van der Waals surface area contributed by atoms with E-state index >= 15 is 0 Å². The van der Waals surface area contributed by atoms with Crippen molar-refractivity contribution < 1.29 is 32.4 Å². The first-order valence-corrected chi connectivity index (χ1v) is 6.52. The summed E-state index contributed by atoms with van der Waals surface area (Å²) in [6, 6.07) is 5.21. The number of aliphatic hydroxyl groups is 1. The molecule has 2 aromatic rings. The zero-order valence-electron chi connectivity index (χ0n) is 11.6. The average molecular weight is 328 g/mol. The molecule has 0 aliphatic heterocycles. The van der Waals surface area contributed by atoms with E-state index in [0.29, 0.717) is 0 Å². The molecule has 23 heavy (non-hydrogen) atoms. The summed E-state index contributed by atoms with van der Waals surface area (Å²) in [4.78, 5) is 26.6. The van der Waals surface area contributed by atoms with Crippen molar-refractivity contribution in [3.05, 3.63) is 35.7 Å². The topological polar surface area (TPSA) is 93.3 Å². The summed E-state index contributed by atoms with van der Waals surface area (Å²) in [5.74, 6) is -3.12. The first-order valence-electron chi connectivity index (χ1n) is 6.52. The number of ketones is 2. The van der Waals surface area contributed by atoms with Gasteiger partial charge in [-0.05, 0) is 6.42 Å². The lowest BCUT2D eigenvalue weighted by Gasteiger charge is -2.01.